The van der Waals surface area contributed by atoms with Gasteiger partial charge in [-0.1, -0.05) is 6.07 Å². The van der Waals surface area contributed by atoms with Crippen molar-refractivity contribution in [3.05, 3.63) is 47.5 Å². The molecular formula is C15H12O5. The fourth-order valence-electron chi connectivity index (χ4n) is 2.33. The standard InChI is InChI=1S/C15H12O5/c16-8-1-3-10(13(18)5-8)12-7-20-14-6-9(17)2-4-11(14)15(12)19/h1-6,12,16-18H,7H2/t12-/m1/s1. The Morgan fingerprint density at radius 1 is 1.00 bits per heavy atom. The van der Waals surface area contributed by atoms with Gasteiger partial charge in [0.1, 0.15) is 29.6 Å². The van der Waals surface area contributed by atoms with E-state index in [1.165, 1.54) is 36.4 Å². The third kappa shape index (κ3) is 1.93. The molecule has 0 fully saturated rings. The highest BCUT2D eigenvalue weighted by atomic mass is 16.5. The summed E-state index contributed by atoms with van der Waals surface area (Å²) in [6.45, 7) is 0.0770. The first-order chi connectivity index (χ1) is 9.56. The van der Waals surface area contributed by atoms with E-state index in [1.54, 1.807) is 0 Å². The Morgan fingerprint density at radius 3 is 2.45 bits per heavy atom. The van der Waals surface area contributed by atoms with Gasteiger partial charge in [-0.05, 0) is 18.2 Å². The molecule has 0 aliphatic carbocycles. The summed E-state index contributed by atoms with van der Waals surface area (Å²) < 4.78 is 5.47. The number of phenolic OH excluding ortho intramolecular Hbond substituents is 3. The molecule has 1 atom stereocenters. The summed E-state index contributed by atoms with van der Waals surface area (Å²) in [7, 11) is 0. The van der Waals surface area contributed by atoms with Gasteiger partial charge in [-0.25, -0.2) is 0 Å². The molecule has 3 rings (SSSR count). The Balaban J connectivity index is 2.02. The van der Waals surface area contributed by atoms with Gasteiger partial charge in [-0.15, -0.1) is 0 Å². The molecule has 1 heterocycles. The Morgan fingerprint density at radius 2 is 1.70 bits per heavy atom. The van der Waals surface area contributed by atoms with Crippen LogP contribution in [0.1, 0.15) is 21.8 Å². The Labute approximate surface area is 114 Å². The van der Waals surface area contributed by atoms with E-state index < -0.39 is 5.92 Å². The third-order valence-corrected chi connectivity index (χ3v) is 3.34. The summed E-state index contributed by atoms with van der Waals surface area (Å²) in [6, 6.07) is 8.40. The molecule has 2 aromatic carbocycles. The normalized spacial score (nSPS) is 17.4. The minimum atomic E-state index is -0.632. The molecular weight excluding hydrogens is 260 g/mol. The van der Waals surface area contributed by atoms with Crippen LogP contribution in [0.3, 0.4) is 0 Å². The van der Waals surface area contributed by atoms with Gasteiger partial charge in [0.15, 0.2) is 5.78 Å². The van der Waals surface area contributed by atoms with Crippen molar-refractivity contribution in [3.63, 3.8) is 0 Å². The minimum Gasteiger partial charge on any atom is -0.508 e. The Kier molecular flexibility index (Phi) is 2.75. The van der Waals surface area contributed by atoms with Crippen molar-refractivity contribution in [2.75, 3.05) is 6.61 Å². The number of ether oxygens (including phenoxy) is 1. The largest absolute Gasteiger partial charge is 0.508 e. The van der Waals surface area contributed by atoms with E-state index in [0.717, 1.165) is 0 Å². The van der Waals surface area contributed by atoms with E-state index in [2.05, 4.69) is 0 Å². The maximum atomic E-state index is 12.4. The van der Waals surface area contributed by atoms with Crippen LogP contribution in [-0.2, 0) is 0 Å². The fourth-order valence-corrected chi connectivity index (χ4v) is 2.33. The molecule has 1 aliphatic heterocycles. The summed E-state index contributed by atoms with van der Waals surface area (Å²) in [5.74, 6) is -0.665. The van der Waals surface area contributed by atoms with E-state index in [-0.39, 0.29) is 29.6 Å². The van der Waals surface area contributed by atoms with Crippen molar-refractivity contribution >= 4 is 5.78 Å². The molecule has 0 saturated carbocycles. The van der Waals surface area contributed by atoms with E-state index in [4.69, 9.17) is 4.74 Å². The van der Waals surface area contributed by atoms with Crippen LogP contribution in [0.5, 0.6) is 23.0 Å². The third-order valence-electron chi connectivity index (χ3n) is 3.34. The second kappa shape index (κ2) is 4.45. The molecule has 1 aliphatic rings. The molecule has 5 heteroatoms. The number of fused-ring (bicyclic) bond motifs is 1. The number of rotatable bonds is 1. The molecule has 20 heavy (non-hydrogen) atoms. The first-order valence-corrected chi connectivity index (χ1v) is 6.08. The number of aromatic hydroxyl groups is 3. The first kappa shape index (κ1) is 12.3. The molecule has 0 bridgehead atoms. The van der Waals surface area contributed by atoms with Crippen molar-refractivity contribution < 1.29 is 24.9 Å². The average Bonchev–Trinajstić information content (AvgIpc) is 2.40. The number of carbonyl (C=O) groups excluding carboxylic acids is 1. The number of hydrogen-bond donors (Lipinski definition) is 3. The summed E-state index contributed by atoms with van der Waals surface area (Å²) in [4.78, 5) is 12.4. The van der Waals surface area contributed by atoms with Crippen molar-refractivity contribution in [3.8, 4) is 23.0 Å². The van der Waals surface area contributed by atoms with E-state index >= 15 is 0 Å². The minimum absolute atomic E-state index is 0.0301. The van der Waals surface area contributed by atoms with Crippen molar-refractivity contribution in [1.29, 1.82) is 0 Å². The lowest BCUT2D eigenvalue weighted by molar-refractivity contribution is 0.0894. The monoisotopic (exact) mass is 272 g/mol. The zero-order valence-electron chi connectivity index (χ0n) is 10.4. The van der Waals surface area contributed by atoms with Crippen LogP contribution < -0.4 is 4.74 Å². The number of Topliss-reactive ketones (excluding diaryl/α,β-unsaturated/α-hetero) is 1. The maximum Gasteiger partial charge on any atom is 0.177 e. The summed E-state index contributed by atoms with van der Waals surface area (Å²) in [6.07, 6.45) is 0. The number of carbonyl (C=O) groups is 1. The topological polar surface area (TPSA) is 87.0 Å². The van der Waals surface area contributed by atoms with Gasteiger partial charge >= 0.3 is 0 Å². The second-order valence-electron chi connectivity index (χ2n) is 4.65. The summed E-state index contributed by atoms with van der Waals surface area (Å²) in [5, 5.41) is 28.5. The number of benzene rings is 2. The van der Waals surface area contributed by atoms with Crippen LogP contribution in [0.25, 0.3) is 0 Å². The fraction of sp³-hybridized carbons (Fsp3) is 0.133. The average molecular weight is 272 g/mol. The predicted octanol–water partition coefficient (Wildman–Crippen LogP) is 2.16. The second-order valence-corrected chi connectivity index (χ2v) is 4.65. The zero-order valence-corrected chi connectivity index (χ0v) is 10.4. The molecule has 3 N–H and O–H groups in total. The lowest BCUT2D eigenvalue weighted by Gasteiger charge is -2.25. The molecule has 0 amide bonds. The van der Waals surface area contributed by atoms with Crippen LogP contribution in [0.2, 0.25) is 0 Å². The molecule has 0 unspecified atom stereocenters. The van der Waals surface area contributed by atoms with Gasteiger partial charge in [0.25, 0.3) is 0 Å². The van der Waals surface area contributed by atoms with Gasteiger partial charge in [-0.3, -0.25) is 4.79 Å². The lowest BCUT2D eigenvalue weighted by atomic mass is 9.88. The SMILES string of the molecule is O=C1c2ccc(O)cc2OC[C@@H]1c1ccc(O)cc1O. The highest BCUT2D eigenvalue weighted by molar-refractivity contribution is 6.04. The number of phenols is 3. The van der Waals surface area contributed by atoms with Crippen LogP contribution in [0.15, 0.2) is 36.4 Å². The Bertz CT molecular complexity index is 693. The van der Waals surface area contributed by atoms with E-state index in [0.29, 0.717) is 16.9 Å². The summed E-state index contributed by atoms with van der Waals surface area (Å²) in [5.41, 5.74) is 0.776. The molecule has 0 aromatic heterocycles. The van der Waals surface area contributed by atoms with Crippen molar-refractivity contribution in [2.45, 2.75) is 5.92 Å². The van der Waals surface area contributed by atoms with Crippen molar-refractivity contribution in [1.82, 2.24) is 0 Å². The van der Waals surface area contributed by atoms with E-state index in [9.17, 15) is 20.1 Å². The quantitative estimate of drug-likeness (QED) is 0.740. The maximum absolute atomic E-state index is 12.4. The first-order valence-electron chi connectivity index (χ1n) is 6.08. The van der Waals surface area contributed by atoms with Gasteiger partial charge in [0.2, 0.25) is 0 Å². The lowest BCUT2D eigenvalue weighted by Crippen LogP contribution is -2.26. The molecule has 0 saturated heterocycles. The highest BCUT2D eigenvalue weighted by Gasteiger charge is 2.32. The molecule has 0 radical (unpaired) electrons. The predicted molar refractivity (Wildman–Crippen MR) is 70.4 cm³/mol. The summed E-state index contributed by atoms with van der Waals surface area (Å²) >= 11 is 0. The zero-order chi connectivity index (χ0) is 14.3. The number of ketones is 1. The molecule has 5 nitrogen and oxygen atoms in total. The van der Waals surface area contributed by atoms with Crippen LogP contribution in [-0.4, -0.2) is 27.7 Å². The smallest absolute Gasteiger partial charge is 0.177 e. The Hall–Kier alpha value is -2.69. The van der Waals surface area contributed by atoms with Crippen LogP contribution in [0, 0.1) is 0 Å². The number of hydrogen-bond acceptors (Lipinski definition) is 5. The van der Waals surface area contributed by atoms with Gasteiger partial charge < -0.3 is 20.1 Å². The van der Waals surface area contributed by atoms with E-state index in [1.807, 2.05) is 0 Å². The molecule has 102 valence electrons. The van der Waals surface area contributed by atoms with Gasteiger partial charge in [0, 0.05) is 17.7 Å². The van der Waals surface area contributed by atoms with Gasteiger partial charge in [-0.2, -0.15) is 0 Å². The highest BCUT2D eigenvalue weighted by Crippen LogP contribution is 2.38. The molecule has 2 aromatic rings. The van der Waals surface area contributed by atoms with Crippen LogP contribution >= 0.6 is 0 Å². The van der Waals surface area contributed by atoms with Gasteiger partial charge in [0.05, 0.1) is 11.5 Å². The van der Waals surface area contributed by atoms with Crippen LogP contribution in [0.4, 0.5) is 0 Å². The van der Waals surface area contributed by atoms with Crippen molar-refractivity contribution in [2.24, 2.45) is 0 Å². The molecule has 0 spiro atoms.